The molecule has 0 amide bonds. The number of carbonyl (C=O) groups excluding carboxylic acids is 3. The van der Waals surface area contributed by atoms with Crippen molar-refractivity contribution >= 4 is 17.9 Å². The molecule has 0 fully saturated rings. The second-order valence-corrected chi connectivity index (χ2v) is 24.9. The summed E-state index contributed by atoms with van der Waals surface area (Å²) in [5.41, 5.74) is 0. The summed E-state index contributed by atoms with van der Waals surface area (Å²) in [6.07, 6.45) is 87.7. The fourth-order valence-electron chi connectivity index (χ4n) is 11.1. The lowest BCUT2D eigenvalue weighted by Crippen LogP contribution is -2.30. The highest BCUT2D eigenvalue weighted by atomic mass is 16.6. The monoisotopic (exact) mass is 1140 g/mol. The first-order valence-electron chi connectivity index (χ1n) is 36.5. The van der Waals surface area contributed by atoms with Crippen LogP contribution in [0.1, 0.15) is 406 Å². The highest BCUT2D eigenvalue weighted by Crippen LogP contribution is 2.19. The maximum Gasteiger partial charge on any atom is 0.306 e. The van der Waals surface area contributed by atoms with Crippen LogP contribution in [0, 0.1) is 0 Å². The van der Waals surface area contributed by atoms with Gasteiger partial charge in [-0.2, -0.15) is 0 Å². The zero-order chi connectivity index (χ0) is 58.5. The van der Waals surface area contributed by atoms with Gasteiger partial charge in [0, 0.05) is 19.3 Å². The number of carbonyl (C=O) groups is 3. The van der Waals surface area contributed by atoms with Crippen LogP contribution >= 0.6 is 0 Å². The molecule has 0 aliphatic carbocycles. The van der Waals surface area contributed by atoms with Gasteiger partial charge in [0.2, 0.25) is 0 Å². The van der Waals surface area contributed by atoms with Gasteiger partial charge >= 0.3 is 17.9 Å². The summed E-state index contributed by atoms with van der Waals surface area (Å²) in [6.45, 7) is 6.64. The highest BCUT2D eigenvalue weighted by molar-refractivity contribution is 5.71. The van der Waals surface area contributed by atoms with Crippen LogP contribution in [-0.2, 0) is 28.6 Å². The Morgan fingerprint density at radius 1 is 0.247 bits per heavy atom. The van der Waals surface area contributed by atoms with Gasteiger partial charge in [-0.15, -0.1) is 0 Å². The predicted octanol–water partition coefficient (Wildman–Crippen LogP) is 25.1. The van der Waals surface area contributed by atoms with Gasteiger partial charge in [0.1, 0.15) is 13.2 Å². The number of hydrogen-bond donors (Lipinski definition) is 0. The van der Waals surface area contributed by atoms with E-state index < -0.39 is 6.10 Å². The Morgan fingerprint density at radius 2 is 0.469 bits per heavy atom. The minimum atomic E-state index is -0.778. The summed E-state index contributed by atoms with van der Waals surface area (Å²) in [6, 6.07) is 0. The van der Waals surface area contributed by atoms with E-state index in [1.54, 1.807) is 0 Å². The van der Waals surface area contributed by atoms with Crippen LogP contribution in [0.15, 0.2) is 36.5 Å². The van der Waals surface area contributed by atoms with Crippen molar-refractivity contribution < 1.29 is 28.6 Å². The van der Waals surface area contributed by atoms with Gasteiger partial charge < -0.3 is 14.2 Å². The maximum atomic E-state index is 12.9. The average Bonchev–Trinajstić information content (AvgIpc) is 3.46. The Kier molecular flexibility index (Phi) is 68.1. The summed E-state index contributed by atoms with van der Waals surface area (Å²) in [5, 5.41) is 0. The Hall–Kier alpha value is -2.37. The molecule has 476 valence electrons. The van der Waals surface area contributed by atoms with Gasteiger partial charge in [0.05, 0.1) is 0 Å². The molecule has 0 heterocycles. The zero-order valence-corrected chi connectivity index (χ0v) is 54.8. The van der Waals surface area contributed by atoms with E-state index in [0.29, 0.717) is 19.3 Å². The molecule has 0 radical (unpaired) electrons. The number of ether oxygens (including phenoxy) is 3. The van der Waals surface area contributed by atoms with Crippen LogP contribution in [0.3, 0.4) is 0 Å². The molecule has 0 aromatic carbocycles. The fraction of sp³-hybridized carbons (Fsp3) is 0.880. The Balaban J connectivity index is 4.18. The molecule has 1 atom stereocenters. The van der Waals surface area contributed by atoms with Crippen LogP contribution in [0.4, 0.5) is 0 Å². The van der Waals surface area contributed by atoms with Crippen molar-refractivity contribution in [3.8, 4) is 0 Å². The van der Waals surface area contributed by atoms with E-state index in [2.05, 4.69) is 57.2 Å². The quantitative estimate of drug-likeness (QED) is 0.0261. The minimum Gasteiger partial charge on any atom is -0.462 e. The second kappa shape index (κ2) is 70.1. The summed E-state index contributed by atoms with van der Waals surface area (Å²) >= 11 is 0. The molecular weight excluding hydrogens is 997 g/mol. The molecule has 6 nitrogen and oxygen atoms in total. The van der Waals surface area contributed by atoms with Crippen LogP contribution in [0.5, 0.6) is 0 Å². The van der Waals surface area contributed by atoms with Gasteiger partial charge in [-0.25, -0.2) is 0 Å². The second-order valence-electron chi connectivity index (χ2n) is 24.9. The maximum absolute atomic E-state index is 12.9. The molecule has 0 N–H and O–H groups in total. The van der Waals surface area contributed by atoms with Crippen LogP contribution in [0.25, 0.3) is 0 Å². The van der Waals surface area contributed by atoms with Gasteiger partial charge in [0.15, 0.2) is 6.10 Å². The molecule has 0 aromatic heterocycles. The number of rotatable bonds is 68. The van der Waals surface area contributed by atoms with Crippen LogP contribution in [-0.4, -0.2) is 37.2 Å². The van der Waals surface area contributed by atoms with Crippen molar-refractivity contribution in [3.63, 3.8) is 0 Å². The largest absolute Gasteiger partial charge is 0.462 e. The Morgan fingerprint density at radius 3 is 0.741 bits per heavy atom. The molecule has 6 heteroatoms. The zero-order valence-electron chi connectivity index (χ0n) is 54.8. The predicted molar refractivity (Wildman–Crippen MR) is 353 cm³/mol. The first kappa shape index (κ1) is 78.6. The van der Waals surface area contributed by atoms with Crippen molar-refractivity contribution in [2.45, 2.75) is 412 Å². The number of hydrogen-bond acceptors (Lipinski definition) is 6. The van der Waals surface area contributed by atoms with Crippen molar-refractivity contribution in [3.05, 3.63) is 36.5 Å². The number of allylic oxidation sites excluding steroid dienone is 6. The Bertz CT molecular complexity index is 1350. The summed E-state index contributed by atoms with van der Waals surface area (Å²) in [5.74, 6) is -0.862. The van der Waals surface area contributed by atoms with E-state index in [4.69, 9.17) is 14.2 Å². The lowest BCUT2D eigenvalue weighted by Gasteiger charge is -2.18. The van der Waals surface area contributed by atoms with E-state index >= 15 is 0 Å². The molecule has 81 heavy (non-hydrogen) atoms. The first-order chi connectivity index (χ1) is 40.0. The summed E-state index contributed by atoms with van der Waals surface area (Å²) in [4.78, 5) is 38.4. The third kappa shape index (κ3) is 68.3. The van der Waals surface area contributed by atoms with Gasteiger partial charge in [0.25, 0.3) is 0 Å². The summed E-state index contributed by atoms with van der Waals surface area (Å²) < 4.78 is 17.0. The Labute approximate surface area is 506 Å². The smallest absolute Gasteiger partial charge is 0.306 e. The van der Waals surface area contributed by atoms with E-state index in [0.717, 1.165) is 83.5 Å². The lowest BCUT2D eigenvalue weighted by atomic mass is 10.0. The molecule has 0 saturated carbocycles. The van der Waals surface area contributed by atoms with Crippen molar-refractivity contribution in [1.29, 1.82) is 0 Å². The van der Waals surface area contributed by atoms with E-state index in [9.17, 15) is 14.4 Å². The van der Waals surface area contributed by atoms with Gasteiger partial charge in [-0.05, 0) is 70.6 Å². The van der Waals surface area contributed by atoms with Crippen LogP contribution < -0.4 is 0 Å². The molecule has 0 aliphatic rings. The molecular formula is C75H140O6. The molecule has 0 saturated heterocycles. The number of esters is 3. The molecule has 0 aromatic rings. The highest BCUT2D eigenvalue weighted by Gasteiger charge is 2.19. The van der Waals surface area contributed by atoms with Crippen LogP contribution in [0.2, 0.25) is 0 Å². The first-order valence-corrected chi connectivity index (χ1v) is 36.5. The normalized spacial score (nSPS) is 12.2. The summed E-state index contributed by atoms with van der Waals surface area (Å²) in [7, 11) is 0. The van der Waals surface area contributed by atoms with E-state index in [1.165, 1.54) is 283 Å². The SMILES string of the molecule is CCC/C=C\C/C=C\CCCCCCCC(=O)OCC(COC(=O)CCCCCCCCCCCCCCCCCCCCCCCCCCCCCCC)OC(=O)CCCCCCCCCCC/C=C\CCCCCCCCCC. The topological polar surface area (TPSA) is 78.9 Å². The van der Waals surface area contributed by atoms with Gasteiger partial charge in [-0.3, -0.25) is 14.4 Å². The minimum absolute atomic E-state index is 0.0729. The van der Waals surface area contributed by atoms with Gasteiger partial charge in [-0.1, -0.05) is 353 Å². The average molecular weight is 1140 g/mol. The molecule has 0 spiro atoms. The lowest BCUT2D eigenvalue weighted by molar-refractivity contribution is -0.167. The fourth-order valence-corrected chi connectivity index (χ4v) is 11.1. The van der Waals surface area contributed by atoms with Crippen molar-refractivity contribution in [1.82, 2.24) is 0 Å². The van der Waals surface area contributed by atoms with Crippen molar-refractivity contribution in [2.75, 3.05) is 13.2 Å². The molecule has 0 rings (SSSR count). The standard InChI is InChI=1S/C75H140O6/c1-4-7-10-13-16-19-22-25-27-29-31-33-34-35-36-37-38-39-40-42-43-45-47-50-53-56-59-62-65-68-74(77)80-71-72(70-79-73(76)67-64-61-58-55-52-49-24-21-18-15-12-9-6-3)81-75(78)69-66-63-60-57-54-51-48-46-44-41-32-30-28-26-23-20-17-14-11-8-5-2/h12,15,21,24,30,32,72H,4-11,13-14,16-20,22-23,25-29,31,33-71H2,1-3H3/b15-12-,24-21-,32-30-. The molecule has 0 aliphatic heterocycles. The third-order valence-electron chi connectivity index (χ3n) is 16.6. The third-order valence-corrected chi connectivity index (χ3v) is 16.6. The van der Waals surface area contributed by atoms with E-state index in [-0.39, 0.29) is 31.1 Å². The molecule has 0 bridgehead atoms. The van der Waals surface area contributed by atoms with Crippen molar-refractivity contribution in [2.24, 2.45) is 0 Å². The van der Waals surface area contributed by atoms with E-state index in [1.807, 2.05) is 0 Å². The number of unbranched alkanes of at least 4 members (excludes halogenated alkanes) is 51. The molecule has 1 unspecified atom stereocenters.